The van der Waals surface area contributed by atoms with E-state index >= 15 is 0 Å². The Balaban J connectivity index is 2.07. The summed E-state index contributed by atoms with van der Waals surface area (Å²) in [6, 6.07) is 8.40. The summed E-state index contributed by atoms with van der Waals surface area (Å²) in [6.45, 7) is 0. The zero-order chi connectivity index (χ0) is 18.4. The lowest BCUT2D eigenvalue weighted by atomic mass is 10.3. The summed E-state index contributed by atoms with van der Waals surface area (Å²) in [5, 5.41) is 4.73. The Morgan fingerprint density at radius 3 is 2.68 bits per heavy atom. The summed E-state index contributed by atoms with van der Waals surface area (Å²) in [4.78, 5) is 13.5. The highest BCUT2D eigenvalue weighted by atomic mass is 32.2. The second-order valence-electron chi connectivity index (χ2n) is 5.27. The van der Waals surface area contributed by atoms with E-state index in [0.717, 1.165) is 10.1 Å². The fraction of sp³-hybridized carbons (Fsp3) is 0.312. The van der Waals surface area contributed by atoms with Crippen LogP contribution in [0.4, 0.5) is 5.69 Å². The number of nitrogens with zero attached hydrogens (tertiary/aromatic N) is 1. The Hall–Kier alpha value is -1.55. The van der Waals surface area contributed by atoms with Gasteiger partial charge in [-0.25, -0.2) is 12.7 Å². The van der Waals surface area contributed by atoms with E-state index in [4.69, 9.17) is 4.74 Å². The fourth-order valence-corrected chi connectivity index (χ4v) is 4.58. The SMILES string of the molecule is COc1ccc(S(=O)(=O)N(C)C)cc1NC(=O)CSCc1cccs1. The molecule has 0 aliphatic carbocycles. The quantitative estimate of drug-likeness (QED) is 0.737. The summed E-state index contributed by atoms with van der Waals surface area (Å²) < 4.78 is 30.8. The third-order valence-corrected chi connectivity index (χ3v) is 7.13. The van der Waals surface area contributed by atoms with Crippen molar-refractivity contribution in [1.29, 1.82) is 0 Å². The van der Waals surface area contributed by atoms with Gasteiger partial charge in [0.05, 0.1) is 23.4 Å². The van der Waals surface area contributed by atoms with Crippen molar-refractivity contribution in [1.82, 2.24) is 4.31 Å². The van der Waals surface area contributed by atoms with Crippen LogP contribution in [0.25, 0.3) is 0 Å². The molecule has 0 aliphatic heterocycles. The van der Waals surface area contributed by atoms with Crippen LogP contribution in [0, 0.1) is 0 Å². The minimum absolute atomic E-state index is 0.0971. The second-order valence-corrected chi connectivity index (χ2v) is 9.44. The fourth-order valence-electron chi connectivity index (χ4n) is 1.98. The molecule has 0 bridgehead atoms. The van der Waals surface area contributed by atoms with Gasteiger partial charge in [0.1, 0.15) is 5.75 Å². The second kappa shape index (κ2) is 8.70. The van der Waals surface area contributed by atoms with Crippen LogP contribution in [0.5, 0.6) is 5.75 Å². The number of thioether (sulfide) groups is 1. The first-order valence-electron chi connectivity index (χ1n) is 7.35. The predicted octanol–water partition coefficient (Wildman–Crippen LogP) is 2.88. The number of nitrogens with one attached hydrogen (secondary N) is 1. The Kier molecular flexibility index (Phi) is 6.88. The summed E-state index contributed by atoms with van der Waals surface area (Å²) in [5.74, 6) is 1.23. The molecule has 1 aromatic carbocycles. The number of methoxy groups -OCH3 is 1. The molecule has 0 unspecified atom stereocenters. The zero-order valence-corrected chi connectivity index (χ0v) is 16.6. The van der Waals surface area contributed by atoms with Crippen molar-refractivity contribution in [3.8, 4) is 5.75 Å². The summed E-state index contributed by atoms with van der Waals surface area (Å²) >= 11 is 3.15. The summed E-state index contributed by atoms with van der Waals surface area (Å²) in [6.07, 6.45) is 0. The van der Waals surface area contributed by atoms with Gasteiger partial charge in [-0.1, -0.05) is 6.07 Å². The normalized spacial score (nSPS) is 11.5. The molecule has 0 radical (unpaired) electrons. The number of hydrogen-bond acceptors (Lipinski definition) is 6. The Morgan fingerprint density at radius 2 is 2.08 bits per heavy atom. The van der Waals surface area contributed by atoms with Crippen molar-refractivity contribution >= 4 is 44.7 Å². The van der Waals surface area contributed by atoms with E-state index in [1.54, 1.807) is 11.3 Å². The molecule has 2 aromatic rings. The van der Waals surface area contributed by atoms with E-state index in [-0.39, 0.29) is 16.6 Å². The molecular weight excluding hydrogens is 380 g/mol. The third kappa shape index (κ3) is 5.21. The lowest BCUT2D eigenvalue weighted by Gasteiger charge is -2.15. The van der Waals surface area contributed by atoms with Crippen LogP contribution in [-0.4, -0.2) is 45.6 Å². The van der Waals surface area contributed by atoms with Crippen molar-refractivity contribution in [2.75, 3.05) is 32.3 Å². The summed E-state index contributed by atoms with van der Waals surface area (Å²) in [5.41, 5.74) is 0.340. The molecular formula is C16H20N2O4S3. The number of carbonyl (C=O) groups is 1. The maximum Gasteiger partial charge on any atom is 0.242 e. The van der Waals surface area contributed by atoms with Gasteiger partial charge >= 0.3 is 0 Å². The highest BCUT2D eigenvalue weighted by Crippen LogP contribution is 2.28. The van der Waals surface area contributed by atoms with Crippen molar-refractivity contribution in [3.63, 3.8) is 0 Å². The average molecular weight is 401 g/mol. The first kappa shape index (κ1) is 19.8. The van der Waals surface area contributed by atoms with Gasteiger partial charge in [-0.3, -0.25) is 4.79 Å². The van der Waals surface area contributed by atoms with E-state index in [1.807, 2.05) is 17.5 Å². The van der Waals surface area contributed by atoms with Crippen LogP contribution in [0.2, 0.25) is 0 Å². The number of ether oxygens (including phenoxy) is 1. The lowest BCUT2D eigenvalue weighted by molar-refractivity contribution is -0.113. The van der Waals surface area contributed by atoms with Crippen molar-refractivity contribution in [3.05, 3.63) is 40.6 Å². The Morgan fingerprint density at radius 1 is 1.32 bits per heavy atom. The van der Waals surface area contributed by atoms with Crippen LogP contribution in [-0.2, 0) is 20.6 Å². The molecule has 0 fully saturated rings. The Labute approximate surface area is 156 Å². The van der Waals surface area contributed by atoms with Gasteiger partial charge < -0.3 is 10.1 Å². The highest BCUT2D eigenvalue weighted by molar-refractivity contribution is 7.99. The van der Waals surface area contributed by atoms with Crippen LogP contribution in [0.3, 0.4) is 0 Å². The van der Waals surface area contributed by atoms with Gasteiger partial charge in [0.15, 0.2) is 0 Å². The standard InChI is InChI=1S/C16H20N2O4S3/c1-18(2)25(20,21)13-6-7-15(22-3)14(9-13)17-16(19)11-23-10-12-5-4-8-24-12/h4-9H,10-11H2,1-3H3,(H,17,19). The third-order valence-electron chi connectivity index (χ3n) is 3.28. The minimum Gasteiger partial charge on any atom is -0.495 e. The molecule has 2 rings (SSSR count). The van der Waals surface area contributed by atoms with E-state index in [1.165, 1.54) is 56.0 Å². The number of carbonyl (C=O) groups excluding carboxylic acids is 1. The van der Waals surface area contributed by atoms with Crippen LogP contribution >= 0.6 is 23.1 Å². The van der Waals surface area contributed by atoms with Crippen LogP contribution < -0.4 is 10.1 Å². The van der Waals surface area contributed by atoms with Gasteiger partial charge in [-0.05, 0) is 29.6 Å². The zero-order valence-electron chi connectivity index (χ0n) is 14.2. The van der Waals surface area contributed by atoms with Crippen molar-refractivity contribution in [2.45, 2.75) is 10.6 Å². The number of anilines is 1. The Bertz CT molecular complexity index is 818. The number of rotatable bonds is 8. The molecule has 25 heavy (non-hydrogen) atoms. The largest absolute Gasteiger partial charge is 0.495 e. The first-order valence-corrected chi connectivity index (χ1v) is 10.8. The topological polar surface area (TPSA) is 75.7 Å². The molecule has 1 amide bonds. The maximum absolute atomic E-state index is 12.2. The van der Waals surface area contributed by atoms with Gasteiger partial charge in [0.2, 0.25) is 15.9 Å². The molecule has 0 saturated carbocycles. The molecule has 0 saturated heterocycles. The van der Waals surface area contributed by atoms with Gasteiger partial charge in [0.25, 0.3) is 0 Å². The van der Waals surface area contributed by atoms with Gasteiger partial charge in [-0.2, -0.15) is 0 Å². The number of benzene rings is 1. The smallest absolute Gasteiger partial charge is 0.242 e. The molecule has 1 heterocycles. The van der Waals surface area contributed by atoms with Gasteiger partial charge in [-0.15, -0.1) is 23.1 Å². The molecule has 6 nitrogen and oxygen atoms in total. The molecule has 136 valence electrons. The average Bonchev–Trinajstić information content (AvgIpc) is 3.08. The van der Waals surface area contributed by atoms with E-state index < -0.39 is 10.0 Å². The number of hydrogen-bond donors (Lipinski definition) is 1. The van der Waals surface area contributed by atoms with E-state index in [0.29, 0.717) is 11.4 Å². The summed E-state index contributed by atoms with van der Waals surface area (Å²) in [7, 11) is 0.800. The van der Waals surface area contributed by atoms with Crippen LogP contribution in [0.1, 0.15) is 4.88 Å². The van der Waals surface area contributed by atoms with Crippen molar-refractivity contribution in [2.24, 2.45) is 0 Å². The number of sulfonamides is 1. The highest BCUT2D eigenvalue weighted by Gasteiger charge is 2.19. The van der Waals surface area contributed by atoms with E-state index in [9.17, 15) is 13.2 Å². The monoisotopic (exact) mass is 400 g/mol. The molecule has 1 N–H and O–H groups in total. The van der Waals surface area contributed by atoms with Gasteiger partial charge in [0, 0.05) is 24.7 Å². The molecule has 9 heteroatoms. The molecule has 0 aliphatic rings. The molecule has 0 spiro atoms. The lowest BCUT2D eigenvalue weighted by Crippen LogP contribution is -2.22. The predicted molar refractivity (Wildman–Crippen MR) is 103 cm³/mol. The molecule has 0 atom stereocenters. The minimum atomic E-state index is -3.58. The number of thiophene rings is 1. The number of amides is 1. The molecule has 1 aromatic heterocycles. The van der Waals surface area contributed by atoms with Crippen molar-refractivity contribution < 1.29 is 17.9 Å². The first-order chi connectivity index (χ1) is 11.8. The van der Waals surface area contributed by atoms with E-state index in [2.05, 4.69) is 5.32 Å². The maximum atomic E-state index is 12.2. The van der Waals surface area contributed by atoms with Crippen LogP contribution in [0.15, 0.2) is 40.6 Å².